The first-order valence-electron chi connectivity index (χ1n) is 7.50. The summed E-state index contributed by atoms with van der Waals surface area (Å²) in [4.78, 5) is 22.8. The van der Waals surface area contributed by atoms with E-state index in [2.05, 4.69) is 5.32 Å². The molecule has 0 saturated heterocycles. The van der Waals surface area contributed by atoms with Crippen LogP contribution in [-0.4, -0.2) is 24.0 Å². The van der Waals surface area contributed by atoms with Crippen LogP contribution in [-0.2, 0) is 0 Å². The summed E-state index contributed by atoms with van der Waals surface area (Å²) in [5.74, 6) is 0.782. The number of rotatable bonds is 3. The molecule has 3 rings (SSSR count). The van der Waals surface area contributed by atoms with E-state index in [-0.39, 0.29) is 11.3 Å². The van der Waals surface area contributed by atoms with E-state index in [1.54, 1.807) is 37.3 Å². The lowest BCUT2D eigenvalue weighted by Gasteiger charge is -2.10. The van der Waals surface area contributed by atoms with Crippen LogP contribution in [0, 0.1) is 17.0 Å². The highest BCUT2D eigenvalue weighted by Crippen LogP contribution is 2.32. The third-order valence-corrected chi connectivity index (χ3v) is 3.67. The number of nitro benzene ring substituents is 1. The van der Waals surface area contributed by atoms with Crippen molar-refractivity contribution >= 4 is 17.3 Å². The van der Waals surface area contributed by atoms with Crippen molar-refractivity contribution in [2.24, 2.45) is 0 Å². The van der Waals surface area contributed by atoms with Gasteiger partial charge in [0.15, 0.2) is 11.5 Å². The molecule has 0 aromatic heterocycles. The van der Waals surface area contributed by atoms with Crippen LogP contribution in [0.2, 0.25) is 0 Å². The van der Waals surface area contributed by atoms with Crippen LogP contribution in [0.4, 0.5) is 11.4 Å². The largest absolute Gasteiger partial charge is 0.490 e. The molecule has 0 atom stereocenters. The van der Waals surface area contributed by atoms with Gasteiger partial charge in [0.25, 0.3) is 11.6 Å². The fraction of sp³-hybridized carbons (Fsp3) is 0.235. The molecular weight excluding hydrogens is 312 g/mol. The van der Waals surface area contributed by atoms with Gasteiger partial charge in [-0.3, -0.25) is 14.9 Å². The minimum absolute atomic E-state index is 0.0821. The summed E-state index contributed by atoms with van der Waals surface area (Å²) >= 11 is 0. The van der Waals surface area contributed by atoms with Gasteiger partial charge < -0.3 is 14.8 Å². The Balaban J connectivity index is 1.81. The SMILES string of the molecule is Cc1ccc(C(=O)Nc2ccc3c(c2)OCCCO3)cc1[N+](=O)[O-]. The number of anilines is 1. The van der Waals surface area contributed by atoms with Gasteiger partial charge >= 0.3 is 0 Å². The smallest absolute Gasteiger partial charge is 0.273 e. The van der Waals surface area contributed by atoms with Crippen LogP contribution in [0.15, 0.2) is 36.4 Å². The fourth-order valence-corrected chi connectivity index (χ4v) is 2.39. The average Bonchev–Trinajstić information content (AvgIpc) is 2.79. The maximum Gasteiger partial charge on any atom is 0.273 e. The van der Waals surface area contributed by atoms with Crippen molar-refractivity contribution in [2.45, 2.75) is 13.3 Å². The lowest BCUT2D eigenvalue weighted by molar-refractivity contribution is -0.385. The first kappa shape index (κ1) is 15.8. The van der Waals surface area contributed by atoms with Gasteiger partial charge in [-0.05, 0) is 25.1 Å². The summed E-state index contributed by atoms with van der Waals surface area (Å²) in [5.41, 5.74) is 1.18. The number of nitrogens with zero attached hydrogens (tertiary/aromatic N) is 1. The quantitative estimate of drug-likeness (QED) is 0.689. The zero-order valence-electron chi connectivity index (χ0n) is 13.1. The molecule has 1 amide bonds. The normalized spacial score (nSPS) is 13.0. The minimum Gasteiger partial charge on any atom is -0.490 e. The number of nitrogens with one attached hydrogen (secondary N) is 1. The van der Waals surface area contributed by atoms with Gasteiger partial charge in [-0.25, -0.2) is 0 Å². The van der Waals surface area contributed by atoms with Crippen LogP contribution in [0.5, 0.6) is 11.5 Å². The summed E-state index contributed by atoms with van der Waals surface area (Å²) < 4.78 is 11.1. The maximum atomic E-state index is 12.3. The molecule has 0 bridgehead atoms. The number of carbonyl (C=O) groups is 1. The number of benzene rings is 2. The van der Waals surface area contributed by atoms with Crippen LogP contribution in [0.25, 0.3) is 0 Å². The first-order chi connectivity index (χ1) is 11.5. The Morgan fingerprint density at radius 1 is 1.12 bits per heavy atom. The molecular formula is C17H16N2O5. The van der Waals surface area contributed by atoms with Crippen molar-refractivity contribution in [3.8, 4) is 11.5 Å². The number of carbonyl (C=O) groups excluding carboxylic acids is 1. The summed E-state index contributed by atoms with van der Waals surface area (Å²) in [6.07, 6.45) is 0.795. The summed E-state index contributed by atoms with van der Waals surface area (Å²) in [5, 5.41) is 13.7. The van der Waals surface area contributed by atoms with Gasteiger partial charge in [0.1, 0.15) is 0 Å². The van der Waals surface area contributed by atoms with Crippen molar-refractivity contribution in [1.29, 1.82) is 0 Å². The van der Waals surface area contributed by atoms with Crippen molar-refractivity contribution in [3.63, 3.8) is 0 Å². The van der Waals surface area contributed by atoms with E-state index in [0.717, 1.165) is 6.42 Å². The lowest BCUT2D eigenvalue weighted by atomic mass is 10.1. The Morgan fingerprint density at radius 2 is 1.88 bits per heavy atom. The average molecular weight is 328 g/mol. The molecule has 0 unspecified atom stereocenters. The summed E-state index contributed by atoms with van der Waals surface area (Å²) in [6.45, 7) is 2.77. The highest BCUT2D eigenvalue weighted by Gasteiger charge is 2.16. The summed E-state index contributed by atoms with van der Waals surface area (Å²) in [6, 6.07) is 9.50. The van der Waals surface area contributed by atoms with Crippen molar-refractivity contribution in [2.75, 3.05) is 18.5 Å². The standard InChI is InChI=1S/C17H16N2O5/c1-11-3-4-12(9-14(11)19(21)22)17(20)18-13-5-6-15-16(10-13)24-8-2-7-23-15/h3-6,9-10H,2,7-8H2,1H3,(H,18,20). The highest BCUT2D eigenvalue weighted by atomic mass is 16.6. The molecule has 1 aliphatic rings. The molecule has 0 fully saturated rings. The fourth-order valence-electron chi connectivity index (χ4n) is 2.39. The van der Waals surface area contributed by atoms with Crippen LogP contribution in [0.3, 0.4) is 0 Å². The van der Waals surface area contributed by atoms with E-state index in [0.29, 0.717) is 36.0 Å². The maximum absolute atomic E-state index is 12.3. The molecule has 24 heavy (non-hydrogen) atoms. The van der Waals surface area contributed by atoms with Crippen LogP contribution < -0.4 is 14.8 Å². The Hall–Kier alpha value is -3.09. The molecule has 124 valence electrons. The molecule has 7 nitrogen and oxygen atoms in total. The van der Waals surface area contributed by atoms with E-state index >= 15 is 0 Å². The van der Waals surface area contributed by atoms with Gasteiger partial charge in [0, 0.05) is 35.4 Å². The molecule has 2 aromatic carbocycles. The predicted octanol–water partition coefficient (Wildman–Crippen LogP) is 3.32. The van der Waals surface area contributed by atoms with E-state index in [1.165, 1.54) is 6.07 Å². The third-order valence-electron chi connectivity index (χ3n) is 3.67. The molecule has 0 spiro atoms. The number of hydrogen-bond donors (Lipinski definition) is 1. The van der Waals surface area contributed by atoms with E-state index in [9.17, 15) is 14.9 Å². The molecule has 1 heterocycles. The van der Waals surface area contributed by atoms with Crippen LogP contribution >= 0.6 is 0 Å². The molecule has 2 aromatic rings. The van der Waals surface area contributed by atoms with Crippen molar-refractivity contribution in [3.05, 3.63) is 57.6 Å². The summed E-state index contributed by atoms with van der Waals surface area (Å²) in [7, 11) is 0. The van der Waals surface area contributed by atoms with Crippen LogP contribution in [0.1, 0.15) is 22.3 Å². The first-order valence-corrected chi connectivity index (χ1v) is 7.50. The number of amides is 1. The topological polar surface area (TPSA) is 90.7 Å². The van der Waals surface area contributed by atoms with Gasteiger partial charge in [-0.2, -0.15) is 0 Å². The van der Waals surface area contributed by atoms with Gasteiger partial charge in [-0.15, -0.1) is 0 Å². The second-order valence-corrected chi connectivity index (χ2v) is 5.42. The second kappa shape index (κ2) is 6.57. The number of nitro groups is 1. The molecule has 1 aliphatic heterocycles. The van der Waals surface area contributed by atoms with E-state index in [1.807, 2.05) is 0 Å². The zero-order chi connectivity index (χ0) is 17.1. The minimum atomic E-state index is -0.500. The Morgan fingerprint density at radius 3 is 2.62 bits per heavy atom. The third kappa shape index (κ3) is 3.29. The lowest BCUT2D eigenvalue weighted by Crippen LogP contribution is -2.12. The van der Waals surface area contributed by atoms with E-state index in [4.69, 9.17) is 9.47 Å². The number of aryl methyl sites for hydroxylation is 1. The van der Waals surface area contributed by atoms with Gasteiger partial charge in [-0.1, -0.05) is 6.07 Å². The molecule has 0 radical (unpaired) electrons. The van der Waals surface area contributed by atoms with Gasteiger partial charge in [0.05, 0.1) is 18.1 Å². The van der Waals surface area contributed by atoms with Crippen molar-refractivity contribution in [1.82, 2.24) is 0 Å². The van der Waals surface area contributed by atoms with Crippen molar-refractivity contribution < 1.29 is 19.2 Å². The second-order valence-electron chi connectivity index (χ2n) is 5.42. The van der Waals surface area contributed by atoms with Gasteiger partial charge in [0.2, 0.25) is 0 Å². The molecule has 0 saturated carbocycles. The Bertz CT molecular complexity index is 804. The Labute approximate surface area is 138 Å². The molecule has 1 N–H and O–H groups in total. The number of fused-ring (bicyclic) bond motifs is 1. The number of ether oxygens (including phenoxy) is 2. The zero-order valence-corrected chi connectivity index (χ0v) is 13.1. The highest BCUT2D eigenvalue weighted by molar-refractivity contribution is 6.04. The predicted molar refractivity (Wildman–Crippen MR) is 87.8 cm³/mol. The molecule has 7 heteroatoms. The monoisotopic (exact) mass is 328 g/mol. The Kier molecular flexibility index (Phi) is 4.33. The number of hydrogen-bond acceptors (Lipinski definition) is 5. The van der Waals surface area contributed by atoms with E-state index < -0.39 is 10.8 Å². The molecule has 0 aliphatic carbocycles.